The molecule has 0 aromatic rings. The van der Waals surface area contributed by atoms with Gasteiger partial charge in [-0.1, -0.05) is 0 Å². The van der Waals surface area contributed by atoms with Crippen LogP contribution in [0.15, 0.2) is 0 Å². The summed E-state index contributed by atoms with van der Waals surface area (Å²) in [6.45, 7) is 0. The molecule has 0 saturated carbocycles. The van der Waals surface area contributed by atoms with Crippen molar-refractivity contribution in [3.05, 3.63) is 0 Å². The van der Waals surface area contributed by atoms with Crippen molar-refractivity contribution in [3.8, 4) is 0 Å². The van der Waals surface area contributed by atoms with Gasteiger partial charge < -0.3 is 8.33 Å². The van der Waals surface area contributed by atoms with Gasteiger partial charge in [-0.15, -0.1) is 0 Å². The largest absolute Gasteiger partial charge is 2.00 e. The minimum Gasteiger partial charge on any atom is -1.00 e. The van der Waals surface area contributed by atoms with Gasteiger partial charge in [-0.25, -0.2) is 0 Å². The Morgan fingerprint density at radius 2 is 1.25 bits per heavy atom. The van der Waals surface area contributed by atoms with Crippen LogP contribution in [0.3, 0.4) is 0 Å². The van der Waals surface area contributed by atoms with E-state index in [2.05, 4.69) is 0 Å². The Morgan fingerprint density at radius 1 is 1.25 bits per heavy atom. The average molecular weight is 313 g/mol. The van der Waals surface area contributed by atoms with Crippen molar-refractivity contribution in [2.75, 3.05) is 0 Å². The van der Waals surface area contributed by atoms with Gasteiger partial charge in [0.05, 0.1) is 0 Å². The molecule has 0 spiro atoms. The van der Waals surface area contributed by atoms with Crippen LogP contribution in [0.25, 0.3) is 0 Å². The Morgan fingerprint density at radius 3 is 1.25 bits per heavy atom. The maximum absolute atomic E-state index is 0. The summed E-state index contributed by atoms with van der Waals surface area (Å²) in [5.41, 5.74) is 0. The van der Waals surface area contributed by atoms with Crippen LogP contribution in [0.1, 0.15) is 2.85 Å². The van der Waals surface area contributed by atoms with Crippen LogP contribution < -0.4 is 0 Å². The molecule has 4 heteroatoms. The Kier molecular flexibility index (Phi) is 108. The molecule has 0 atom stereocenters. The van der Waals surface area contributed by atoms with E-state index in [-0.39, 0.29) is 111 Å². The van der Waals surface area contributed by atoms with E-state index in [0.717, 1.165) is 0 Å². The number of hydrogen-bond donors (Lipinski definition) is 0. The van der Waals surface area contributed by atoms with Crippen molar-refractivity contribution in [2.24, 2.45) is 0 Å². The molecule has 0 aliphatic heterocycles. The second-order valence-corrected chi connectivity index (χ2v) is 0. The van der Waals surface area contributed by atoms with Gasteiger partial charge in [-0.05, 0) is 0 Å². The van der Waals surface area contributed by atoms with E-state index in [4.69, 9.17) is 0 Å². The minimum atomic E-state index is 0. The van der Waals surface area contributed by atoms with Crippen LogP contribution in [0, 0.1) is 40.4 Å². The summed E-state index contributed by atoms with van der Waals surface area (Å²) >= 11 is 0. The first-order valence-corrected chi connectivity index (χ1v) is 0. The van der Waals surface area contributed by atoms with Crippen molar-refractivity contribution in [3.63, 3.8) is 0 Å². The van der Waals surface area contributed by atoms with Gasteiger partial charge in [-0.3, -0.25) is 0 Å². The topological polar surface area (TPSA) is 31.5 Å². The summed E-state index contributed by atoms with van der Waals surface area (Å²) < 4.78 is 0. The molecule has 1 nitrogen and oxygen atoms in total. The van der Waals surface area contributed by atoms with E-state index in [0.29, 0.717) is 0 Å². The van der Waals surface area contributed by atoms with Crippen LogP contribution in [-0.4, -0.2) is 51.0 Å². The predicted octanol–water partition coefficient (Wildman–Crippen LogP) is -0.983. The molecule has 0 rings (SSSR count). The molecule has 0 amide bonds. The number of hydrogen-bond acceptors (Lipinski definition) is 0. The molecular formula is H4MnOSmSr. The van der Waals surface area contributed by atoms with Gasteiger partial charge in [0, 0.05) is 57.5 Å². The van der Waals surface area contributed by atoms with Gasteiger partial charge >= 0.3 is 45.5 Å². The molecule has 0 aliphatic carbocycles. The zero-order valence-electron chi connectivity index (χ0n) is 3.99. The summed E-state index contributed by atoms with van der Waals surface area (Å²) in [5.74, 6) is 0. The quantitative estimate of drug-likeness (QED) is 0.515. The van der Waals surface area contributed by atoms with Crippen LogP contribution in [0.5, 0.6) is 0 Å². The maximum Gasteiger partial charge on any atom is 2.00 e. The third kappa shape index (κ3) is 9.00. The molecular weight excluding hydrogens is 309 g/mol. The fourth-order valence-corrected chi connectivity index (χ4v) is 0. The monoisotopic (exact) mass is 315 g/mol. The van der Waals surface area contributed by atoms with E-state index in [1.807, 2.05) is 0 Å². The molecule has 0 heterocycles. The third-order valence-electron chi connectivity index (χ3n) is 0. The van der Waals surface area contributed by atoms with Crippen molar-refractivity contribution < 1.29 is 65.8 Å². The summed E-state index contributed by atoms with van der Waals surface area (Å²) in [6.07, 6.45) is 0. The number of rotatable bonds is 0. The van der Waals surface area contributed by atoms with Crippen LogP contribution in [0.4, 0.5) is 0 Å². The van der Waals surface area contributed by atoms with Crippen LogP contribution >= 0.6 is 0 Å². The molecule has 0 aromatic heterocycles. The Hall–Kier alpha value is 3.30. The van der Waals surface area contributed by atoms with Crippen LogP contribution in [0.2, 0.25) is 0 Å². The van der Waals surface area contributed by atoms with Crippen molar-refractivity contribution >= 4 is 45.5 Å². The van der Waals surface area contributed by atoms with Crippen LogP contribution in [-0.2, 0) is 17.1 Å². The summed E-state index contributed by atoms with van der Waals surface area (Å²) in [6, 6.07) is 0. The SMILES string of the molecule is O.[H-].[H-].[Mn].[Sm].[Sr+2]. The molecule has 0 aliphatic rings. The third-order valence-corrected chi connectivity index (χ3v) is 0. The molecule has 4 heavy (non-hydrogen) atoms. The summed E-state index contributed by atoms with van der Waals surface area (Å²) in [5, 5.41) is 0. The van der Waals surface area contributed by atoms with Gasteiger partial charge in [0.2, 0.25) is 0 Å². The fraction of sp³-hybridized carbons (Fsp3) is 0. The first-order valence-electron chi connectivity index (χ1n) is 0. The fourth-order valence-electron chi connectivity index (χ4n) is 0. The second-order valence-electron chi connectivity index (χ2n) is 0. The first-order chi connectivity index (χ1) is 0. The molecule has 0 fully saturated rings. The zero-order valence-corrected chi connectivity index (χ0v) is 9.27. The van der Waals surface area contributed by atoms with Crippen molar-refractivity contribution in [1.29, 1.82) is 0 Å². The van der Waals surface area contributed by atoms with Gasteiger partial charge in [0.25, 0.3) is 0 Å². The Labute approximate surface area is 108 Å². The van der Waals surface area contributed by atoms with E-state index in [1.165, 1.54) is 0 Å². The molecule has 25 valence electrons. The molecule has 0 unspecified atom stereocenters. The maximum atomic E-state index is 0. The molecule has 0 bridgehead atoms. The standard InChI is InChI=1S/Mn.H2O.Sm.Sr.2H/h;1H2;;;;/q;;;+2;2*-1. The molecule has 2 N–H and O–H groups in total. The normalized spacial score (nSPS) is 0. The van der Waals surface area contributed by atoms with E-state index in [9.17, 15) is 0 Å². The van der Waals surface area contributed by atoms with E-state index >= 15 is 0 Å². The van der Waals surface area contributed by atoms with Crippen molar-refractivity contribution in [1.82, 2.24) is 0 Å². The van der Waals surface area contributed by atoms with Gasteiger partial charge in [-0.2, -0.15) is 0 Å². The summed E-state index contributed by atoms with van der Waals surface area (Å²) in [4.78, 5) is 0. The average Bonchev–Trinajstić information content (AvgIpc) is 0. The first kappa shape index (κ1) is 26.6. The predicted molar refractivity (Wildman–Crippen MR) is 11.6 cm³/mol. The minimum absolute atomic E-state index is 0. The molecule has 0 aromatic carbocycles. The Bertz CT molecular complexity index is 13.5. The van der Waals surface area contributed by atoms with Gasteiger partial charge in [0.15, 0.2) is 0 Å². The molecule has 1 radical (unpaired) electrons. The van der Waals surface area contributed by atoms with E-state index < -0.39 is 0 Å². The summed E-state index contributed by atoms with van der Waals surface area (Å²) in [7, 11) is 0. The molecule has 0 saturated heterocycles. The van der Waals surface area contributed by atoms with Crippen molar-refractivity contribution in [2.45, 2.75) is 0 Å². The van der Waals surface area contributed by atoms with Gasteiger partial charge in [0.1, 0.15) is 0 Å². The Balaban J connectivity index is 0. The smallest absolute Gasteiger partial charge is 1.00 e. The van der Waals surface area contributed by atoms with E-state index in [1.54, 1.807) is 0 Å². The second kappa shape index (κ2) is 16.3. The zero-order chi connectivity index (χ0) is 0.